The predicted molar refractivity (Wildman–Crippen MR) is 98.6 cm³/mol. The van der Waals surface area contributed by atoms with Crippen LogP contribution in [0.25, 0.3) is 5.57 Å². The van der Waals surface area contributed by atoms with Gasteiger partial charge in [-0.3, -0.25) is 14.5 Å². The van der Waals surface area contributed by atoms with Crippen molar-refractivity contribution in [2.24, 2.45) is 0 Å². The first kappa shape index (κ1) is 18.9. The molecule has 0 atom stereocenters. The summed E-state index contributed by atoms with van der Waals surface area (Å²) in [5, 5.41) is 0.590. The van der Waals surface area contributed by atoms with Gasteiger partial charge in [-0.15, -0.1) is 0 Å². The van der Waals surface area contributed by atoms with E-state index in [2.05, 4.69) is 0 Å². The van der Waals surface area contributed by atoms with Crippen LogP contribution in [0.15, 0.2) is 30.0 Å². The van der Waals surface area contributed by atoms with E-state index in [1.54, 1.807) is 24.3 Å². The first-order chi connectivity index (χ1) is 12.6. The molecule has 0 aromatic heterocycles. The number of nitrogens with zero attached hydrogens (tertiary/aromatic N) is 2. The highest BCUT2D eigenvalue weighted by molar-refractivity contribution is 6.36. The molecular formula is C19H23ClN2O4. The molecule has 26 heavy (non-hydrogen) atoms. The lowest BCUT2D eigenvalue weighted by Crippen LogP contribution is -2.40. The lowest BCUT2D eigenvalue weighted by molar-refractivity contribution is -0.138. The number of amides is 2. The zero-order valence-corrected chi connectivity index (χ0v) is 15.6. The van der Waals surface area contributed by atoms with Crippen molar-refractivity contribution in [3.05, 3.63) is 40.5 Å². The van der Waals surface area contributed by atoms with Crippen LogP contribution in [0.1, 0.15) is 18.9 Å². The van der Waals surface area contributed by atoms with Crippen LogP contribution in [-0.4, -0.2) is 67.7 Å². The van der Waals surface area contributed by atoms with E-state index in [-0.39, 0.29) is 11.8 Å². The molecule has 2 amide bonds. The molecule has 1 aromatic rings. The molecule has 140 valence electrons. The summed E-state index contributed by atoms with van der Waals surface area (Å²) in [6, 6.07) is 7.03. The standard InChI is InChI=1S/C19H23ClN2O4/c1-2-25-11-3-8-22-18(23)16(14-4-6-15(20)7-5-14)17(19(22)24)21-9-12-26-13-10-21/h4-7H,2-3,8-13H2,1H3. The Bertz CT molecular complexity index is 696. The van der Waals surface area contributed by atoms with Gasteiger partial charge in [0.15, 0.2) is 0 Å². The summed E-state index contributed by atoms with van der Waals surface area (Å²) >= 11 is 5.98. The van der Waals surface area contributed by atoms with Crippen molar-refractivity contribution in [1.82, 2.24) is 9.80 Å². The molecule has 0 saturated carbocycles. The van der Waals surface area contributed by atoms with E-state index < -0.39 is 0 Å². The van der Waals surface area contributed by atoms with E-state index in [0.717, 1.165) is 0 Å². The Balaban J connectivity index is 1.90. The maximum absolute atomic E-state index is 13.0. The molecule has 0 radical (unpaired) electrons. The summed E-state index contributed by atoms with van der Waals surface area (Å²) in [6.07, 6.45) is 0.621. The third kappa shape index (κ3) is 3.92. The summed E-state index contributed by atoms with van der Waals surface area (Å²) < 4.78 is 10.7. The van der Waals surface area contributed by atoms with Gasteiger partial charge in [0.2, 0.25) is 0 Å². The van der Waals surface area contributed by atoms with E-state index in [1.807, 2.05) is 11.8 Å². The number of carbonyl (C=O) groups is 2. The van der Waals surface area contributed by atoms with Crippen LogP contribution in [0, 0.1) is 0 Å². The van der Waals surface area contributed by atoms with Gasteiger partial charge in [0, 0.05) is 37.9 Å². The highest BCUT2D eigenvalue weighted by Crippen LogP contribution is 2.32. The molecular weight excluding hydrogens is 356 g/mol. The zero-order chi connectivity index (χ0) is 18.5. The number of morpholine rings is 1. The summed E-state index contributed by atoms with van der Waals surface area (Å²) in [5.74, 6) is -0.492. The number of hydrogen-bond acceptors (Lipinski definition) is 5. The Morgan fingerprint density at radius 2 is 1.81 bits per heavy atom. The quantitative estimate of drug-likeness (QED) is 0.537. The molecule has 7 heteroatoms. The Labute approximate surface area is 158 Å². The summed E-state index contributed by atoms with van der Waals surface area (Å²) in [4.78, 5) is 29.3. The minimum absolute atomic E-state index is 0.238. The van der Waals surface area contributed by atoms with Crippen LogP contribution in [-0.2, 0) is 19.1 Å². The van der Waals surface area contributed by atoms with E-state index in [4.69, 9.17) is 21.1 Å². The average Bonchev–Trinajstić information content (AvgIpc) is 2.91. The van der Waals surface area contributed by atoms with Crippen molar-refractivity contribution in [3.63, 3.8) is 0 Å². The average molecular weight is 379 g/mol. The van der Waals surface area contributed by atoms with Crippen LogP contribution in [0.3, 0.4) is 0 Å². The number of rotatable bonds is 7. The van der Waals surface area contributed by atoms with Crippen LogP contribution < -0.4 is 0 Å². The largest absolute Gasteiger partial charge is 0.382 e. The van der Waals surface area contributed by atoms with Gasteiger partial charge in [0.1, 0.15) is 5.70 Å². The molecule has 0 N–H and O–H groups in total. The molecule has 1 saturated heterocycles. The van der Waals surface area contributed by atoms with Gasteiger partial charge in [-0.25, -0.2) is 0 Å². The topological polar surface area (TPSA) is 59.1 Å². The van der Waals surface area contributed by atoms with Crippen LogP contribution in [0.5, 0.6) is 0 Å². The van der Waals surface area contributed by atoms with Crippen molar-refractivity contribution < 1.29 is 19.1 Å². The molecule has 0 aliphatic carbocycles. The highest BCUT2D eigenvalue weighted by Gasteiger charge is 2.41. The Kier molecular flexibility index (Phi) is 6.29. The van der Waals surface area contributed by atoms with Crippen LogP contribution >= 0.6 is 11.6 Å². The van der Waals surface area contributed by atoms with E-state index in [0.29, 0.717) is 74.3 Å². The number of benzene rings is 1. The Morgan fingerprint density at radius 1 is 1.12 bits per heavy atom. The molecule has 6 nitrogen and oxygen atoms in total. The van der Waals surface area contributed by atoms with Crippen molar-refractivity contribution in [1.29, 1.82) is 0 Å². The third-order valence-corrected chi connectivity index (χ3v) is 4.73. The fourth-order valence-electron chi connectivity index (χ4n) is 3.19. The second kappa shape index (κ2) is 8.66. The van der Waals surface area contributed by atoms with Crippen molar-refractivity contribution in [2.45, 2.75) is 13.3 Å². The third-order valence-electron chi connectivity index (χ3n) is 4.48. The van der Waals surface area contributed by atoms with Crippen LogP contribution in [0.2, 0.25) is 5.02 Å². The molecule has 1 aromatic carbocycles. The fourth-order valence-corrected chi connectivity index (χ4v) is 3.32. The SMILES string of the molecule is CCOCCCN1C(=O)C(c2ccc(Cl)cc2)=C(N2CCOCC2)C1=O. The molecule has 3 rings (SSSR count). The fraction of sp³-hybridized carbons (Fsp3) is 0.474. The predicted octanol–water partition coefficient (Wildman–Crippen LogP) is 2.18. The molecule has 2 aliphatic rings. The number of halogens is 1. The monoisotopic (exact) mass is 378 g/mol. The lowest BCUT2D eigenvalue weighted by Gasteiger charge is -2.29. The maximum atomic E-state index is 13.0. The van der Waals surface area contributed by atoms with Gasteiger partial charge in [0.05, 0.1) is 18.8 Å². The van der Waals surface area contributed by atoms with Crippen molar-refractivity contribution in [3.8, 4) is 0 Å². The smallest absolute Gasteiger partial charge is 0.277 e. The lowest BCUT2D eigenvalue weighted by atomic mass is 10.0. The molecule has 0 spiro atoms. The summed E-state index contributed by atoms with van der Waals surface area (Å²) in [7, 11) is 0. The first-order valence-electron chi connectivity index (χ1n) is 8.90. The Hall–Kier alpha value is -1.89. The zero-order valence-electron chi connectivity index (χ0n) is 14.9. The summed E-state index contributed by atoms with van der Waals surface area (Å²) in [5.41, 5.74) is 1.63. The molecule has 0 bridgehead atoms. The number of hydrogen-bond donors (Lipinski definition) is 0. The van der Waals surface area contributed by atoms with Crippen LogP contribution in [0.4, 0.5) is 0 Å². The van der Waals surface area contributed by atoms with Gasteiger partial charge in [-0.1, -0.05) is 23.7 Å². The first-order valence-corrected chi connectivity index (χ1v) is 9.28. The minimum atomic E-state index is -0.254. The van der Waals surface area contributed by atoms with E-state index in [1.165, 1.54) is 4.90 Å². The van der Waals surface area contributed by atoms with Crippen molar-refractivity contribution >= 4 is 29.0 Å². The Morgan fingerprint density at radius 3 is 2.46 bits per heavy atom. The van der Waals surface area contributed by atoms with Gasteiger partial charge < -0.3 is 14.4 Å². The number of imide groups is 1. The number of carbonyl (C=O) groups excluding carboxylic acids is 2. The molecule has 2 heterocycles. The maximum Gasteiger partial charge on any atom is 0.277 e. The van der Waals surface area contributed by atoms with E-state index >= 15 is 0 Å². The van der Waals surface area contributed by atoms with Crippen molar-refractivity contribution in [2.75, 3.05) is 46.1 Å². The normalized spacial score (nSPS) is 18.2. The van der Waals surface area contributed by atoms with Gasteiger partial charge >= 0.3 is 0 Å². The molecule has 1 fully saturated rings. The summed E-state index contributed by atoms with van der Waals surface area (Å²) in [6.45, 7) is 5.69. The minimum Gasteiger partial charge on any atom is -0.382 e. The molecule has 0 unspecified atom stereocenters. The molecule has 2 aliphatic heterocycles. The number of ether oxygens (including phenoxy) is 2. The second-order valence-corrected chi connectivity index (χ2v) is 6.58. The highest BCUT2D eigenvalue weighted by atomic mass is 35.5. The van der Waals surface area contributed by atoms with E-state index in [9.17, 15) is 9.59 Å². The van der Waals surface area contributed by atoms with Gasteiger partial charge in [-0.05, 0) is 31.0 Å². The second-order valence-electron chi connectivity index (χ2n) is 6.14. The van der Waals surface area contributed by atoms with Gasteiger partial charge in [-0.2, -0.15) is 0 Å². The van der Waals surface area contributed by atoms with Gasteiger partial charge in [0.25, 0.3) is 11.8 Å².